The van der Waals surface area contributed by atoms with E-state index in [4.69, 9.17) is 0 Å². The number of rotatable bonds is 3. The molecule has 4 fully saturated rings. The molecular weight excluding hydrogens is 318 g/mol. The summed E-state index contributed by atoms with van der Waals surface area (Å²) in [5.41, 5.74) is 2.74. The number of hydrogen-bond donors (Lipinski definition) is 0. The minimum absolute atomic E-state index is 0.0499. The average molecular weight is 346 g/mol. The fraction of sp³-hybridized carbons (Fsp3) is 0.650. The van der Waals surface area contributed by atoms with Gasteiger partial charge in [0.25, 0.3) is 10.0 Å². The van der Waals surface area contributed by atoms with Crippen molar-refractivity contribution < 1.29 is 8.42 Å². The first-order valence-electron chi connectivity index (χ1n) is 9.16. The van der Waals surface area contributed by atoms with E-state index in [2.05, 4.69) is 4.40 Å². The summed E-state index contributed by atoms with van der Waals surface area (Å²) in [6, 6.07) is 3.86. The summed E-state index contributed by atoms with van der Waals surface area (Å²) >= 11 is 0. The van der Waals surface area contributed by atoms with Crippen molar-refractivity contribution in [2.75, 3.05) is 0 Å². The molecule has 0 aliphatic heterocycles. The van der Waals surface area contributed by atoms with Gasteiger partial charge < -0.3 is 0 Å². The van der Waals surface area contributed by atoms with Gasteiger partial charge in [0.1, 0.15) is 0 Å². The number of sulfonamides is 1. The Morgan fingerprint density at radius 3 is 1.88 bits per heavy atom. The molecule has 0 saturated heterocycles. The van der Waals surface area contributed by atoms with E-state index in [0.29, 0.717) is 4.90 Å². The third kappa shape index (κ3) is 2.73. The van der Waals surface area contributed by atoms with E-state index in [1.165, 1.54) is 19.3 Å². The smallest absolute Gasteiger partial charge is 0.199 e. The van der Waals surface area contributed by atoms with Crippen molar-refractivity contribution in [2.24, 2.45) is 27.6 Å². The summed E-state index contributed by atoms with van der Waals surface area (Å²) in [7, 11) is -3.61. The SMILES string of the molecule is Cc1cc(C)c(S(=O)(=O)/N=C/C23CC4CC(CC(C4)C2)C3)c(C)c1. The van der Waals surface area contributed by atoms with Gasteiger partial charge in [-0.1, -0.05) is 17.7 Å². The van der Waals surface area contributed by atoms with Crippen molar-refractivity contribution in [3.8, 4) is 0 Å². The Morgan fingerprint density at radius 2 is 1.42 bits per heavy atom. The zero-order chi connectivity index (χ0) is 17.1. The predicted molar refractivity (Wildman–Crippen MR) is 96.9 cm³/mol. The molecule has 5 rings (SSSR count). The molecule has 0 aromatic heterocycles. The van der Waals surface area contributed by atoms with E-state index in [0.717, 1.165) is 53.7 Å². The molecule has 4 aliphatic rings. The molecule has 0 heterocycles. The normalized spacial score (nSPS) is 35.0. The van der Waals surface area contributed by atoms with Crippen molar-refractivity contribution in [2.45, 2.75) is 64.2 Å². The average Bonchev–Trinajstić information content (AvgIpc) is 2.42. The van der Waals surface area contributed by atoms with Crippen LogP contribution >= 0.6 is 0 Å². The zero-order valence-electron chi connectivity index (χ0n) is 14.9. The lowest BCUT2D eigenvalue weighted by Crippen LogP contribution is -2.46. The summed E-state index contributed by atoms with van der Waals surface area (Å²) in [5.74, 6) is 2.40. The lowest BCUT2D eigenvalue weighted by molar-refractivity contribution is -0.00951. The van der Waals surface area contributed by atoms with Gasteiger partial charge in [0.05, 0.1) is 4.90 Å². The molecule has 4 aliphatic carbocycles. The number of nitrogens with zero attached hydrogens (tertiary/aromatic N) is 1. The molecule has 0 unspecified atom stereocenters. The van der Waals surface area contributed by atoms with E-state index >= 15 is 0 Å². The fourth-order valence-corrected chi connectivity index (χ4v) is 7.54. The van der Waals surface area contributed by atoms with E-state index < -0.39 is 10.0 Å². The summed E-state index contributed by atoms with van der Waals surface area (Å²) in [4.78, 5) is 0.397. The van der Waals surface area contributed by atoms with Crippen LogP contribution in [0.3, 0.4) is 0 Å². The van der Waals surface area contributed by atoms with Gasteiger partial charge in [0.2, 0.25) is 0 Å². The first-order chi connectivity index (χ1) is 11.3. The van der Waals surface area contributed by atoms with E-state index in [-0.39, 0.29) is 5.41 Å². The minimum atomic E-state index is -3.61. The second kappa shape index (κ2) is 5.42. The number of aryl methyl sites for hydroxylation is 3. The zero-order valence-corrected chi connectivity index (χ0v) is 15.7. The molecule has 1 aromatic carbocycles. The highest BCUT2D eigenvalue weighted by Crippen LogP contribution is 2.59. The Morgan fingerprint density at radius 1 is 0.958 bits per heavy atom. The Bertz CT molecular complexity index is 749. The third-order valence-corrected chi connectivity index (χ3v) is 7.96. The van der Waals surface area contributed by atoms with Crippen LogP contribution in [0.2, 0.25) is 0 Å². The molecule has 4 saturated carbocycles. The number of hydrogen-bond acceptors (Lipinski definition) is 2. The topological polar surface area (TPSA) is 46.5 Å². The van der Waals surface area contributed by atoms with Crippen LogP contribution in [0.4, 0.5) is 0 Å². The van der Waals surface area contributed by atoms with E-state index in [1.54, 1.807) is 0 Å². The summed E-state index contributed by atoms with van der Waals surface area (Å²) in [6.07, 6.45) is 9.34. The number of benzene rings is 1. The van der Waals surface area contributed by atoms with Crippen LogP contribution in [0.15, 0.2) is 21.4 Å². The lowest BCUT2D eigenvalue weighted by Gasteiger charge is -2.55. The van der Waals surface area contributed by atoms with Gasteiger partial charge in [-0.2, -0.15) is 12.8 Å². The van der Waals surface area contributed by atoms with E-state index in [1.807, 2.05) is 39.1 Å². The van der Waals surface area contributed by atoms with Crippen molar-refractivity contribution in [1.82, 2.24) is 0 Å². The Labute approximate surface area is 145 Å². The van der Waals surface area contributed by atoms with Crippen molar-refractivity contribution in [3.63, 3.8) is 0 Å². The highest BCUT2D eigenvalue weighted by atomic mass is 32.2. The van der Waals surface area contributed by atoms with Gasteiger partial charge in [-0.25, -0.2) is 0 Å². The van der Waals surface area contributed by atoms with Crippen molar-refractivity contribution in [1.29, 1.82) is 0 Å². The summed E-state index contributed by atoms with van der Waals surface area (Å²) in [6.45, 7) is 5.73. The first-order valence-corrected chi connectivity index (χ1v) is 10.6. The second-order valence-electron chi connectivity index (χ2n) is 8.72. The van der Waals surface area contributed by atoms with Crippen molar-refractivity contribution in [3.05, 3.63) is 28.8 Å². The van der Waals surface area contributed by atoms with Gasteiger partial charge in [0, 0.05) is 11.6 Å². The molecular formula is C20H27NO2S. The maximum atomic E-state index is 12.9. The molecule has 0 N–H and O–H groups in total. The van der Waals surface area contributed by atoms with Crippen LogP contribution in [0.1, 0.15) is 55.2 Å². The van der Waals surface area contributed by atoms with Crippen LogP contribution in [0.5, 0.6) is 0 Å². The van der Waals surface area contributed by atoms with Gasteiger partial charge in [-0.15, -0.1) is 0 Å². The molecule has 0 spiro atoms. The highest BCUT2D eigenvalue weighted by molar-refractivity contribution is 7.90. The van der Waals surface area contributed by atoms with Gasteiger partial charge in [-0.05, 0) is 88.2 Å². The van der Waals surface area contributed by atoms with Gasteiger partial charge in [-0.3, -0.25) is 0 Å². The van der Waals surface area contributed by atoms with Crippen LogP contribution in [-0.2, 0) is 10.0 Å². The minimum Gasteiger partial charge on any atom is -0.199 e. The molecule has 0 atom stereocenters. The van der Waals surface area contributed by atoms with Crippen LogP contribution in [0.25, 0.3) is 0 Å². The molecule has 4 heteroatoms. The van der Waals surface area contributed by atoms with Crippen LogP contribution in [0, 0.1) is 43.9 Å². The fourth-order valence-electron chi connectivity index (χ4n) is 6.14. The maximum absolute atomic E-state index is 12.9. The van der Waals surface area contributed by atoms with Gasteiger partial charge in [0.15, 0.2) is 0 Å². The van der Waals surface area contributed by atoms with Gasteiger partial charge >= 0.3 is 0 Å². The molecule has 0 amide bonds. The first kappa shape index (κ1) is 16.3. The maximum Gasteiger partial charge on any atom is 0.282 e. The Kier molecular flexibility index (Phi) is 3.68. The van der Waals surface area contributed by atoms with Crippen LogP contribution < -0.4 is 0 Å². The molecule has 0 radical (unpaired) electrons. The molecule has 24 heavy (non-hydrogen) atoms. The monoisotopic (exact) mass is 345 g/mol. The second-order valence-corrected chi connectivity index (χ2v) is 10.3. The third-order valence-electron chi connectivity index (χ3n) is 6.41. The predicted octanol–water partition coefficient (Wildman–Crippen LogP) is 4.59. The highest BCUT2D eigenvalue weighted by Gasteiger charge is 2.50. The molecule has 3 nitrogen and oxygen atoms in total. The molecule has 4 bridgehead atoms. The standard InChI is InChI=1S/C20H27NO2S/c1-13-4-14(2)19(15(3)5-13)24(22,23)21-12-20-9-16-6-17(10-20)8-18(7-16)11-20/h4-5,12,16-18H,6-11H2,1-3H3/b21-12+. The van der Waals surface area contributed by atoms with Crippen LogP contribution in [-0.4, -0.2) is 14.6 Å². The Balaban J connectivity index is 1.66. The molecule has 1 aromatic rings. The summed E-state index contributed by atoms with van der Waals surface area (Å²) in [5, 5.41) is 0. The quantitative estimate of drug-likeness (QED) is 0.752. The van der Waals surface area contributed by atoms with Crippen molar-refractivity contribution >= 4 is 16.2 Å². The lowest BCUT2D eigenvalue weighted by atomic mass is 9.50. The van der Waals surface area contributed by atoms with E-state index in [9.17, 15) is 8.42 Å². The molecule has 130 valence electrons. The Hall–Kier alpha value is -1.16. The largest absolute Gasteiger partial charge is 0.282 e. The summed E-state index contributed by atoms with van der Waals surface area (Å²) < 4.78 is 30.0.